The molecule has 2 aromatic rings. The minimum atomic E-state index is -0.251. The molecule has 1 fully saturated rings. The zero-order valence-corrected chi connectivity index (χ0v) is 21.2. The number of ether oxygens (including phenoxy) is 2. The number of carbonyl (C=O) groups excluding carboxylic acids is 1. The van der Waals surface area contributed by atoms with Gasteiger partial charge in [0, 0.05) is 0 Å². The van der Waals surface area contributed by atoms with Crippen molar-refractivity contribution >= 4 is 17.3 Å². The highest BCUT2D eigenvalue weighted by molar-refractivity contribution is 5.89. The lowest BCUT2D eigenvalue weighted by molar-refractivity contribution is -0.0174. The van der Waals surface area contributed by atoms with Crippen molar-refractivity contribution in [2.24, 2.45) is 28.0 Å². The molecule has 5 heteroatoms. The van der Waals surface area contributed by atoms with Crippen molar-refractivity contribution in [2.75, 3.05) is 6.61 Å². The number of benzene rings is 2. The summed E-state index contributed by atoms with van der Waals surface area (Å²) in [6, 6.07) is 14.8. The number of esters is 1. The van der Waals surface area contributed by atoms with Crippen molar-refractivity contribution in [2.45, 2.75) is 78.7 Å². The molecule has 0 aromatic heterocycles. The average molecular weight is 465 g/mol. The van der Waals surface area contributed by atoms with Gasteiger partial charge in [0.2, 0.25) is 0 Å². The van der Waals surface area contributed by atoms with Gasteiger partial charge in [0.15, 0.2) is 0 Å². The molecule has 0 radical (unpaired) electrons. The van der Waals surface area contributed by atoms with Crippen LogP contribution in [-0.4, -0.2) is 18.7 Å². The van der Waals surface area contributed by atoms with Gasteiger partial charge < -0.3 is 9.47 Å². The Labute approximate surface area is 205 Å². The van der Waals surface area contributed by atoms with E-state index >= 15 is 0 Å². The summed E-state index contributed by atoms with van der Waals surface area (Å²) in [4.78, 5) is 12.7. The Bertz CT molecular complexity index is 906. The zero-order chi connectivity index (χ0) is 24.3. The van der Waals surface area contributed by atoms with E-state index in [0.29, 0.717) is 29.0 Å². The fourth-order valence-corrected chi connectivity index (χ4v) is 4.56. The molecule has 0 N–H and O–H groups in total. The van der Waals surface area contributed by atoms with E-state index in [4.69, 9.17) is 9.47 Å². The Hall–Kier alpha value is -2.69. The van der Waals surface area contributed by atoms with Crippen LogP contribution in [0.15, 0.2) is 58.8 Å². The molecule has 0 spiro atoms. The maximum absolute atomic E-state index is 12.7. The molecule has 1 aliphatic carbocycles. The molecule has 34 heavy (non-hydrogen) atoms. The van der Waals surface area contributed by atoms with Crippen LogP contribution in [0.2, 0.25) is 0 Å². The summed E-state index contributed by atoms with van der Waals surface area (Å²) >= 11 is 0. The Morgan fingerprint density at radius 3 is 2.21 bits per heavy atom. The number of hydrogen-bond acceptors (Lipinski definition) is 5. The van der Waals surface area contributed by atoms with E-state index < -0.39 is 0 Å². The van der Waals surface area contributed by atoms with Gasteiger partial charge in [-0.2, -0.15) is 10.2 Å². The first-order valence-corrected chi connectivity index (χ1v) is 12.9. The van der Waals surface area contributed by atoms with Crippen LogP contribution in [0.25, 0.3) is 0 Å². The van der Waals surface area contributed by atoms with Gasteiger partial charge in [-0.1, -0.05) is 53.4 Å². The fraction of sp³-hybridized carbons (Fsp3) is 0.552. The first-order valence-electron chi connectivity index (χ1n) is 12.9. The Morgan fingerprint density at radius 1 is 0.941 bits per heavy atom. The SMILES string of the molecule is CCCCCCOc1ccc(N=Nc2ccc(C(=O)OC3CC(C)CCC3C(C)C)cc2)cc1. The van der Waals surface area contributed by atoms with E-state index in [0.717, 1.165) is 37.3 Å². The van der Waals surface area contributed by atoms with Crippen LogP contribution in [0, 0.1) is 17.8 Å². The molecule has 2 aromatic carbocycles. The molecule has 3 rings (SSSR count). The number of hydrogen-bond donors (Lipinski definition) is 0. The maximum Gasteiger partial charge on any atom is 0.338 e. The van der Waals surface area contributed by atoms with Crippen LogP contribution in [0.4, 0.5) is 11.4 Å². The predicted molar refractivity (Wildman–Crippen MR) is 137 cm³/mol. The molecular formula is C29H40N2O3. The number of nitrogens with zero attached hydrogens (tertiary/aromatic N) is 2. The van der Waals surface area contributed by atoms with E-state index in [1.54, 1.807) is 24.3 Å². The highest BCUT2D eigenvalue weighted by atomic mass is 16.5. The number of azo groups is 1. The summed E-state index contributed by atoms with van der Waals surface area (Å²) in [6.45, 7) is 9.63. The van der Waals surface area contributed by atoms with Gasteiger partial charge in [-0.15, -0.1) is 0 Å². The van der Waals surface area contributed by atoms with Gasteiger partial charge in [-0.05, 0) is 85.5 Å². The second-order valence-electron chi connectivity index (χ2n) is 9.92. The highest BCUT2D eigenvalue weighted by Crippen LogP contribution is 2.35. The van der Waals surface area contributed by atoms with E-state index in [-0.39, 0.29) is 12.1 Å². The van der Waals surface area contributed by atoms with Crippen LogP contribution in [0.1, 0.15) is 83.0 Å². The van der Waals surface area contributed by atoms with Gasteiger partial charge in [-0.3, -0.25) is 0 Å². The normalized spacial score (nSPS) is 20.6. The number of rotatable bonds is 11. The molecule has 3 atom stereocenters. The van der Waals surface area contributed by atoms with Crippen molar-refractivity contribution in [3.05, 3.63) is 54.1 Å². The van der Waals surface area contributed by atoms with Gasteiger partial charge in [-0.25, -0.2) is 4.79 Å². The molecular weight excluding hydrogens is 424 g/mol. The molecule has 0 amide bonds. The molecule has 0 bridgehead atoms. The minimum Gasteiger partial charge on any atom is -0.494 e. The van der Waals surface area contributed by atoms with E-state index in [1.807, 2.05) is 24.3 Å². The standard InChI is InChI=1S/C29H40N2O3/c1-5-6-7-8-19-33-26-16-14-25(15-17-26)31-30-24-12-10-23(11-13-24)29(32)34-28-20-22(4)9-18-27(28)21(2)3/h10-17,21-22,27-28H,5-9,18-20H2,1-4H3. The van der Waals surface area contributed by atoms with E-state index in [9.17, 15) is 4.79 Å². The molecule has 1 saturated carbocycles. The van der Waals surface area contributed by atoms with Crippen molar-refractivity contribution in [1.82, 2.24) is 0 Å². The second-order valence-corrected chi connectivity index (χ2v) is 9.92. The third-order valence-electron chi connectivity index (χ3n) is 6.71. The molecule has 1 aliphatic rings. The maximum atomic E-state index is 12.7. The summed E-state index contributed by atoms with van der Waals surface area (Å²) in [5.41, 5.74) is 2.01. The lowest BCUT2D eigenvalue weighted by Gasteiger charge is -2.36. The van der Waals surface area contributed by atoms with Gasteiger partial charge in [0.05, 0.1) is 23.5 Å². The average Bonchev–Trinajstić information content (AvgIpc) is 2.83. The van der Waals surface area contributed by atoms with E-state index in [1.165, 1.54) is 25.7 Å². The monoisotopic (exact) mass is 464 g/mol. The Morgan fingerprint density at radius 2 is 1.59 bits per heavy atom. The van der Waals surface area contributed by atoms with Crippen LogP contribution in [-0.2, 0) is 4.74 Å². The Balaban J connectivity index is 1.51. The first-order chi connectivity index (χ1) is 16.5. The summed E-state index contributed by atoms with van der Waals surface area (Å²) in [5.74, 6) is 2.15. The van der Waals surface area contributed by atoms with Crippen molar-refractivity contribution in [1.29, 1.82) is 0 Å². The summed E-state index contributed by atoms with van der Waals surface area (Å²) in [5, 5.41) is 8.59. The summed E-state index contributed by atoms with van der Waals surface area (Å²) < 4.78 is 11.7. The van der Waals surface area contributed by atoms with Crippen LogP contribution in [0.5, 0.6) is 5.75 Å². The van der Waals surface area contributed by atoms with Gasteiger partial charge in [0.25, 0.3) is 0 Å². The highest BCUT2D eigenvalue weighted by Gasteiger charge is 2.33. The molecule has 0 heterocycles. The van der Waals surface area contributed by atoms with Crippen LogP contribution in [0.3, 0.4) is 0 Å². The third-order valence-corrected chi connectivity index (χ3v) is 6.71. The lowest BCUT2D eigenvalue weighted by Crippen LogP contribution is -2.35. The molecule has 0 saturated heterocycles. The molecule has 0 aliphatic heterocycles. The molecule has 3 unspecified atom stereocenters. The fourth-order valence-electron chi connectivity index (χ4n) is 4.56. The van der Waals surface area contributed by atoms with Crippen molar-refractivity contribution in [3.63, 3.8) is 0 Å². The second kappa shape index (κ2) is 13.3. The Kier molecular flexibility index (Phi) is 10.1. The minimum absolute atomic E-state index is 0.00101. The van der Waals surface area contributed by atoms with Gasteiger partial charge in [0.1, 0.15) is 11.9 Å². The summed E-state index contributed by atoms with van der Waals surface area (Å²) in [7, 11) is 0. The zero-order valence-electron chi connectivity index (χ0n) is 21.2. The lowest BCUT2D eigenvalue weighted by atomic mass is 9.75. The number of unbranched alkanes of at least 4 members (excludes halogenated alkanes) is 3. The van der Waals surface area contributed by atoms with Gasteiger partial charge >= 0.3 is 5.97 Å². The van der Waals surface area contributed by atoms with E-state index in [2.05, 4.69) is 37.9 Å². The molecule has 5 nitrogen and oxygen atoms in total. The van der Waals surface area contributed by atoms with Crippen LogP contribution < -0.4 is 4.74 Å². The topological polar surface area (TPSA) is 60.2 Å². The van der Waals surface area contributed by atoms with Crippen molar-refractivity contribution < 1.29 is 14.3 Å². The summed E-state index contributed by atoms with van der Waals surface area (Å²) in [6.07, 6.45) is 8.05. The third kappa shape index (κ3) is 7.96. The smallest absolute Gasteiger partial charge is 0.338 e. The predicted octanol–water partition coefficient (Wildman–Crippen LogP) is 8.68. The first kappa shape index (κ1) is 25.9. The van der Waals surface area contributed by atoms with Crippen LogP contribution >= 0.6 is 0 Å². The van der Waals surface area contributed by atoms with Crippen molar-refractivity contribution in [3.8, 4) is 5.75 Å². The molecule has 184 valence electrons. The number of carbonyl (C=O) groups is 1. The quantitative estimate of drug-likeness (QED) is 0.190. The largest absolute Gasteiger partial charge is 0.494 e.